The Hall–Kier alpha value is -5.93. The van der Waals surface area contributed by atoms with Crippen LogP contribution in [0.3, 0.4) is 0 Å². The highest BCUT2D eigenvalue weighted by atomic mass is 32.2. The molecule has 4 atom stereocenters. The Morgan fingerprint density at radius 2 is 0.571 bits per heavy atom. The molecule has 0 fully saturated rings. The van der Waals surface area contributed by atoms with Crippen molar-refractivity contribution in [1.82, 2.24) is 0 Å². The van der Waals surface area contributed by atoms with Crippen molar-refractivity contribution < 1.29 is 79.0 Å². The predicted octanol–water partition coefficient (Wildman–Crippen LogP) is 19.6. The van der Waals surface area contributed by atoms with E-state index in [0.29, 0.717) is 35.4 Å². The highest BCUT2D eigenvalue weighted by Crippen LogP contribution is 2.61. The number of halogens is 18. The first-order chi connectivity index (χ1) is 35.9. The van der Waals surface area contributed by atoms with E-state index in [0.717, 1.165) is 34.1 Å². The smallest absolute Gasteiger partial charge is 0.200 e. The summed E-state index contributed by atoms with van der Waals surface area (Å²) in [6, 6.07) is 19.5. The van der Waals surface area contributed by atoms with E-state index < -0.39 is 160 Å². The van der Waals surface area contributed by atoms with Crippen LogP contribution in [0, 0.1) is 58.2 Å². The van der Waals surface area contributed by atoms with Crippen LogP contribution < -0.4 is 0 Å². The summed E-state index contributed by atoms with van der Waals surface area (Å²) in [4.78, 5) is -3.01. The molecule has 77 heavy (non-hydrogen) atoms. The fourth-order valence-corrected chi connectivity index (χ4v) is 12.0. The summed E-state index contributed by atoms with van der Waals surface area (Å²) in [6.07, 6.45) is -8.36. The van der Waals surface area contributed by atoms with E-state index in [-0.39, 0.29) is 20.6 Å². The molecular weight excluding hydrogens is 1110 g/mol. The lowest BCUT2D eigenvalue weighted by Gasteiger charge is -2.40. The van der Waals surface area contributed by atoms with Crippen LogP contribution >= 0.6 is 35.3 Å². The summed E-state index contributed by atoms with van der Waals surface area (Å²) >= 11 is 1.74. The second kappa shape index (κ2) is 20.7. The maximum Gasteiger partial charge on any atom is 0.200 e. The van der Waals surface area contributed by atoms with Crippen molar-refractivity contribution in [3.05, 3.63) is 222 Å². The highest BCUT2D eigenvalue weighted by Gasteiger charge is 2.61. The van der Waals surface area contributed by atoms with Gasteiger partial charge in [0, 0.05) is 19.3 Å². The van der Waals surface area contributed by atoms with Gasteiger partial charge in [0.1, 0.15) is 10.8 Å². The lowest BCUT2D eigenvalue weighted by molar-refractivity contribution is 0.196. The average molecular weight is 1150 g/mol. The molecule has 0 radical (unpaired) electrons. The molecule has 0 aromatic heterocycles. The molecule has 0 nitrogen and oxygen atoms in total. The number of alkyl halides is 2. The zero-order valence-electron chi connectivity index (χ0n) is 40.4. The number of hydrogen-bond acceptors (Lipinski definition) is 3. The third kappa shape index (κ3) is 9.58. The van der Waals surface area contributed by atoms with Crippen molar-refractivity contribution >= 4 is 35.3 Å². The number of benzene rings is 6. The first-order valence-corrected chi connectivity index (χ1v) is 25.1. The summed E-state index contributed by atoms with van der Waals surface area (Å²) < 4.78 is 288. The molecule has 21 heteroatoms. The van der Waals surface area contributed by atoms with Crippen LogP contribution in [0.15, 0.2) is 152 Å². The van der Waals surface area contributed by atoms with E-state index in [4.69, 9.17) is 0 Å². The summed E-state index contributed by atoms with van der Waals surface area (Å²) in [7, 11) is 0. The predicted molar refractivity (Wildman–Crippen MR) is 261 cm³/mol. The molecule has 2 aliphatic carbocycles. The molecule has 0 N–H and O–H groups in total. The number of hydrogen-bond donors (Lipinski definition) is 0. The van der Waals surface area contributed by atoms with Gasteiger partial charge in [0.15, 0.2) is 93.8 Å². The second-order valence-corrected chi connectivity index (χ2v) is 24.4. The maximum absolute atomic E-state index is 17.3. The van der Waals surface area contributed by atoms with Gasteiger partial charge >= 0.3 is 0 Å². The molecule has 6 aromatic carbocycles. The van der Waals surface area contributed by atoms with Gasteiger partial charge in [0.25, 0.3) is 0 Å². The van der Waals surface area contributed by atoms with E-state index in [9.17, 15) is 26.3 Å². The summed E-state index contributed by atoms with van der Waals surface area (Å²) in [5.74, 6) is -46.3. The van der Waals surface area contributed by atoms with Gasteiger partial charge in [-0.2, -0.15) is 0 Å². The molecule has 0 heterocycles. The molecule has 404 valence electrons. The second-order valence-electron chi connectivity index (χ2n) is 19.6. The van der Waals surface area contributed by atoms with Crippen LogP contribution in [0.4, 0.5) is 79.0 Å². The van der Waals surface area contributed by atoms with Crippen LogP contribution in [0.25, 0.3) is 22.3 Å². The highest BCUT2D eigenvalue weighted by molar-refractivity contribution is 8.07. The minimum absolute atomic E-state index is 0.167. The van der Waals surface area contributed by atoms with Gasteiger partial charge in [-0.05, 0) is 57.6 Å². The first kappa shape index (κ1) is 57.3. The third-order valence-corrected chi connectivity index (χ3v) is 15.8. The number of thioether (sulfide) groups is 3. The molecule has 0 saturated heterocycles. The maximum atomic E-state index is 17.3. The Bertz CT molecular complexity index is 3190. The monoisotopic (exact) mass is 1150 g/mol. The molecule has 8 rings (SSSR count). The van der Waals surface area contributed by atoms with E-state index in [1.165, 1.54) is 23.5 Å². The molecule has 0 aliphatic heterocycles. The van der Waals surface area contributed by atoms with Gasteiger partial charge in [-0.1, -0.05) is 126 Å². The van der Waals surface area contributed by atoms with Crippen molar-refractivity contribution in [1.29, 1.82) is 0 Å². The van der Waals surface area contributed by atoms with Crippen molar-refractivity contribution in [2.45, 2.75) is 84.0 Å². The molecular formula is C56H36F18S3. The fourth-order valence-electron chi connectivity index (χ4n) is 9.08. The van der Waals surface area contributed by atoms with Gasteiger partial charge in [0.05, 0.1) is 20.9 Å². The Balaban J connectivity index is 1.27. The van der Waals surface area contributed by atoms with Crippen molar-refractivity contribution in [2.75, 3.05) is 0 Å². The topological polar surface area (TPSA) is 0 Å². The largest absolute Gasteiger partial charge is 0.238 e. The van der Waals surface area contributed by atoms with E-state index in [1.54, 1.807) is 48.5 Å². The minimum atomic E-state index is -4.37. The number of allylic oxidation sites excluding steroid dienone is 6. The molecule has 6 aromatic rings. The van der Waals surface area contributed by atoms with E-state index in [2.05, 4.69) is 0 Å². The molecule has 0 saturated carbocycles. The van der Waals surface area contributed by atoms with Crippen LogP contribution in [0.5, 0.6) is 0 Å². The van der Waals surface area contributed by atoms with Gasteiger partial charge in [-0.3, -0.25) is 0 Å². The van der Waals surface area contributed by atoms with Crippen molar-refractivity contribution in [3.63, 3.8) is 0 Å². The van der Waals surface area contributed by atoms with Gasteiger partial charge in [-0.15, -0.1) is 23.5 Å². The quantitative estimate of drug-likeness (QED) is 0.0581. The minimum Gasteiger partial charge on any atom is -0.238 e. The Labute approximate surface area is 441 Å². The summed E-state index contributed by atoms with van der Waals surface area (Å²) in [5.41, 5.74) is -15.1. The standard InChI is InChI=1S/C56H36F18S3/c1-53(2,3)76-29-19-11-25(12-20-29)23-7-15-27(16-8-23)55(31-33(57)37(61)41(65)38(62)34(31)58)49(71)43(67)47(44(68)50(55)72)75-48-45(69)51(73)56(52(74)46(48)70,32-35(59)39(63)42(66)40(64)36(32)60)28-17-9-24(10-18-28)26-13-21-30(22-14-26)77-54(4,5)6/h7-22,49,51H,1-6H3. The normalized spacial score (nSPS) is 20.5. The average Bonchev–Trinajstić information content (AvgIpc) is 3.48. The Kier molecular flexibility index (Phi) is 15.4. The van der Waals surface area contributed by atoms with Crippen LogP contribution in [-0.4, -0.2) is 21.8 Å². The van der Waals surface area contributed by atoms with Gasteiger partial charge in [0.2, 0.25) is 11.6 Å². The summed E-state index contributed by atoms with van der Waals surface area (Å²) in [5, 5.41) is 0. The first-order valence-electron chi connectivity index (χ1n) is 22.6. The fraction of sp³-hybridized carbons (Fsp3) is 0.214. The zero-order valence-corrected chi connectivity index (χ0v) is 42.9. The molecule has 4 unspecified atom stereocenters. The van der Waals surface area contributed by atoms with E-state index >= 15 is 52.7 Å². The Morgan fingerprint density at radius 1 is 0.338 bits per heavy atom. The van der Waals surface area contributed by atoms with E-state index in [1.807, 2.05) is 41.5 Å². The molecule has 2 aliphatic rings. The molecule has 0 amide bonds. The SMILES string of the molecule is CC(C)(C)Sc1ccc(-c2ccc(C3(c4c(F)c(F)c(F)c(F)c4F)C(F)=C(F)C(SC4=C(F)C(F)C(c5ccc(-c6ccc(SC(C)(C)C)cc6)cc5)(c5c(F)c(F)c(F)c(F)c5F)C(F)=C4F)=C(F)C3F)cc2)cc1. The van der Waals surface area contributed by atoms with Gasteiger partial charge in [-0.25, -0.2) is 79.0 Å². The van der Waals surface area contributed by atoms with Gasteiger partial charge < -0.3 is 0 Å². The third-order valence-electron chi connectivity index (χ3n) is 12.4. The molecule has 0 bridgehead atoms. The Morgan fingerprint density at radius 3 is 0.818 bits per heavy atom. The molecule has 0 spiro atoms. The van der Waals surface area contributed by atoms with Crippen LogP contribution in [-0.2, 0) is 10.8 Å². The van der Waals surface area contributed by atoms with Crippen molar-refractivity contribution in [2.24, 2.45) is 0 Å². The van der Waals surface area contributed by atoms with Crippen LogP contribution in [0.1, 0.15) is 63.8 Å². The summed E-state index contributed by atoms with van der Waals surface area (Å²) in [6.45, 7) is 11.6. The lowest BCUT2D eigenvalue weighted by Crippen LogP contribution is -2.45. The van der Waals surface area contributed by atoms with Crippen LogP contribution in [0.2, 0.25) is 0 Å². The number of rotatable bonds is 10. The van der Waals surface area contributed by atoms with Crippen molar-refractivity contribution in [3.8, 4) is 22.3 Å². The zero-order chi connectivity index (χ0) is 56.8. The lowest BCUT2D eigenvalue weighted by atomic mass is 9.66.